The fraction of sp³-hybridized carbons (Fsp3) is 0.769. The summed E-state index contributed by atoms with van der Waals surface area (Å²) in [6.45, 7) is 3.75. The van der Waals surface area contributed by atoms with E-state index < -0.39 is 11.5 Å². The van der Waals surface area contributed by atoms with Gasteiger partial charge in [-0.25, -0.2) is 0 Å². The number of nitrogens with two attached hydrogens (primary N) is 1. The van der Waals surface area contributed by atoms with E-state index in [2.05, 4.69) is 17.6 Å². The monoisotopic (exact) mass is 283 g/mol. The molecule has 0 aromatic rings. The summed E-state index contributed by atoms with van der Waals surface area (Å²) in [5.41, 5.74) is 4.96. The average molecular weight is 283 g/mol. The van der Waals surface area contributed by atoms with Crippen LogP contribution in [0.5, 0.6) is 0 Å². The van der Waals surface area contributed by atoms with Crippen molar-refractivity contribution in [3.63, 3.8) is 0 Å². The van der Waals surface area contributed by atoms with Gasteiger partial charge in [0.25, 0.3) is 0 Å². The maximum atomic E-state index is 12.3. The highest BCUT2D eigenvalue weighted by molar-refractivity contribution is 7.80. The summed E-state index contributed by atoms with van der Waals surface area (Å²) in [6.07, 6.45) is 3.40. The third kappa shape index (κ3) is 2.88. The minimum absolute atomic E-state index is 0.138. The second kappa shape index (κ2) is 5.07. The molecule has 0 aliphatic heterocycles. The van der Waals surface area contributed by atoms with E-state index >= 15 is 0 Å². The van der Waals surface area contributed by atoms with Crippen LogP contribution >= 0.6 is 12.2 Å². The Morgan fingerprint density at radius 1 is 1.37 bits per heavy atom. The molecular formula is C13H21N3O2S. The van der Waals surface area contributed by atoms with Crippen molar-refractivity contribution in [1.82, 2.24) is 10.6 Å². The van der Waals surface area contributed by atoms with Crippen molar-refractivity contribution in [3.8, 4) is 0 Å². The molecule has 1 atom stereocenters. The van der Waals surface area contributed by atoms with Gasteiger partial charge < -0.3 is 16.4 Å². The molecule has 2 aliphatic carbocycles. The predicted octanol–water partition coefficient (Wildman–Crippen LogP) is 0.472. The number of nitrogens with one attached hydrogen (secondary N) is 2. The van der Waals surface area contributed by atoms with E-state index in [1.54, 1.807) is 6.92 Å². The lowest BCUT2D eigenvalue weighted by molar-refractivity contribution is -0.136. The second-order valence-electron chi connectivity index (χ2n) is 5.94. The highest BCUT2D eigenvalue weighted by atomic mass is 32.1. The zero-order chi connectivity index (χ0) is 14.2. The van der Waals surface area contributed by atoms with Gasteiger partial charge in [-0.15, -0.1) is 0 Å². The molecular weight excluding hydrogens is 262 g/mol. The Labute approximate surface area is 118 Å². The molecule has 106 valence electrons. The van der Waals surface area contributed by atoms with E-state index in [-0.39, 0.29) is 16.8 Å². The van der Waals surface area contributed by atoms with Gasteiger partial charge >= 0.3 is 0 Å². The van der Waals surface area contributed by atoms with Gasteiger partial charge in [0, 0.05) is 6.04 Å². The number of carbonyl (C=O) groups excluding carboxylic acids is 2. The Bertz CT molecular complexity index is 414. The summed E-state index contributed by atoms with van der Waals surface area (Å²) in [4.78, 5) is 24.3. The minimum atomic E-state index is -0.747. The Kier molecular flexibility index (Phi) is 3.80. The van der Waals surface area contributed by atoms with E-state index in [1.165, 1.54) is 0 Å². The SMILES string of the molecule is CC1CC(C(=O)NC(C)C(=O)NC2CC2)(C(N)=S)C1. The lowest BCUT2D eigenvalue weighted by Gasteiger charge is -2.44. The van der Waals surface area contributed by atoms with Gasteiger partial charge in [0.05, 0.1) is 10.4 Å². The van der Waals surface area contributed by atoms with Crippen LogP contribution in [0.3, 0.4) is 0 Å². The van der Waals surface area contributed by atoms with Crippen molar-refractivity contribution in [3.05, 3.63) is 0 Å². The van der Waals surface area contributed by atoms with Gasteiger partial charge in [-0.2, -0.15) is 0 Å². The summed E-state index contributed by atoms with van der Waals surface area (Å²) in [5.74, 6) is 0.0979. The Hall–Kier alpha value is -1.17. The number of amides is 2. The first-order chi connectivity index (χ1) is 8.85. The number of hydrogen-bond donors (Lipinski definition) is 3. The first-order valence-electron chi connectivity index (χ1n) is 6.76. The van der Waals surface area contributed by atoms with Crippen molar-refractivity contribution in [2.45, 2.75) is 51.6 Å². The van der Waals surface area contributed by atoms with Crippen molar-refractivity contribution >= 4 is 29.0 Å². The smallest absolute Gasteiger partial charge is 0.242 e. The van der Waals surface area contributed by atoms with Crippen molar-refractivity contribution in [2.75, 3.05) is 0 Å². The first-order valence-corrected chi connectivity index (χ1v) is 7.17. The van der Waals surface area contributed by atoms with Crippen molar-refractivity contribution in [1.29, 1.82) is 0 Å². The van der Waals surface area contributed by atoms with Gasteiger partial charge in [-0.05, 0) is 38.5 Å². The average Bonchev–Trinajstić information content (AvgIpc) is 3.07. The predicted molar refractivity (Wildman–Crippen MR) is 76.4 cm³/mol. The summed E-state index contributed by atoms with van der Waals surface area (Å²) < 4.78 is 0. The highest BCUT2D eigenvalue weighted by Crippen LogP contribution is 2.46. The Morgan fingerprint density at radius 2 is 1.95 bits per heavy atom. The Balaban J connectivity index is 1.91. The molecule has 6 heteroatoms. The minimum Gasteiger partial charge on any atom is -0.392 e. The first kappa shape index (κ1) is 14.2. The molecule has 19 heavy (non-hydrogen) atoms. The van der Waals surface area contributed by atoms with Crippen LogP contribution in [-0.4, -0.2) is 28.9 Å². The molecule has 0 radical (unpaired) electrons. The standard InChI is InChI=1S/C13H21N3O2S/c1-7-5-13(6-7,11(14)19)12(18)15-8(2)10(17)16-9-3-4-9/h7-9H,3-6H2,1-2H3,(H2,14,19)(H,15,18)(H,16,17). The fourth-order valence-corrected chi connectivity index (χ4v) is 2.84. The van der Waals surface area contributed by atoms with Crippen molar-refractivity contribution < 1.29 is 9.59 Å². The van der Waals surface area contributed by atoms with Crippen LogP contribution in [0.1, 0.15) is 39.5 Å². The normalized spacial score (nSPS) is 30.9. The summed E-state index contributed by atoms with van der Waals surface area (Å²) in [7, 11) is 0. The highest BCUT2D eigenvalue weighted by Gasteiger charge is 2.51. The number of hydrogen-bond acceptors (Lipinski definition) is 3. The van der Waals surface area contributed by atoms with Crippen LogP contribution in [0.15, 0.2) is 0 Å². The van der Waals surface area contributed by atoms with E-state index in [1.807, 2.05) is 0 Å². The lowest BCUT2D eigenvalue weighted by atomic mass is 9.62. The van der Waals surface area contributed by atoms with Crippen LogP contribution in [0, 0.1) is 11.3 Å². The van der Waals surface area contributed by atoms with Gasteiger partial charge in [0.15, 0.2) is 0 Å². The fourth-order valence-electron chi connectivity index (χ4n) is 2.58. The molecule has 0 heterocycles. The molecule has 0 aromatic carbocycles. The van der Waals surface area contributed by atoms with Gasteiger partial charge in [-0.1, -0.05) is 19.1 Å². The molecule has 2 rings (SSSR count). The van der Waals surface area contributed by atoms with Gasteiger partial charge in [0.2, 0.25) is 11.8 Å². The largest absolute Gasteiger partial charge is 0.392 e. The maximum absolute atomic E-state index is 12.3. The third-order valence-electron chi connectivity index (χ3n) is 3.96. The molecule has 2 saturated carbocycles. The molecule has 2 aliphatic rings. The van der Waals surface area contributed by atoms with Crippen LogP contribution in [0.25, 0.3) is 0 Å². The Morgan fingerprint density at radius 3 is 2.37 bits per heavy atom. The van der Waals surface area contributed by atoms with Crippen LogP contribution in [0.2, 0.25) is 0 Å². The number of carbonyl (C=O) groups is 2. The van der Waals surface area contributed by atoms with E-state index in [9.17, 15) is 9.59 Å². The third-order valence-corrected chi connectivity index (χ3v) is 4.36. The van der Waals surface area contributed by atoms with Gasteiger partial charge in [-0.3, -0.25) is 9.59 Å². The molecule has 5 nitrogen and oxygen atoms in total. The van der Waals surface area contributed by atoms with Crippen LogP contribution in [0.4, 0.5) is 0 Å². The van der Waals surface area contributed by atoms with Crippen LogP contribution in [-0.2, 0) is 9.59 Å². The molecule has 4 N–H and O–H groups in total. The maximum Gasteiger partial charge on any atom is 0.242 e. The number of thiocarbonyl (C=S) groups is 1. The van der Waals surface area contributed by atoms with E-state index in [4.69, 9.17) is 18.0 Å². The molecule has 2 amide bonds. The molecule has 0 saturated heterocycles. The molecule has 0 bridgehead atoms. The lowest BCUT2D eigenvalue weighted by Crippen LogP contribution is -2.59. The topological polar surface area (TPSA) is 84.2 Å². The number of rotatable bonds is 5. The van der Waals surface area contributed by atoms with Gasteiger partial charge in [0.1, 0.15) is 6.04 Å². The summed E-state index contributed by atoms with van der Waals surface area (Å²) in [6, 6.07) is -0.254. The summed E-state index contributed by atoms with van der Waals surface area (Å²) >= 11 is 5.02. The zero-order valence-corrected chi connectivity index (χ0v) is 12.2. The second-order valence-corrected chi connectivity index (χ2v) is 6.38. The van der Waals surface area contributed by atoms with Crippen LogP contribution < -0.4 is 16.4 Å². The molecule has 2 fully saturated rings. The zero-order valence-electron chi connectivity index (χ0n) is 11.4. The van der Waals surface area contributed by atoms with E-state index in [0.717, 1.165) is 12.8 Å². The van der Waals surface area contributed by atoms with E-state index in [0.29, 0.717) is 24.8 Å². The molecule has 0 aromatic heterocycles. The molecule has 1 unspecified atom stereocenters. The summed E-state index contributed by atoms with van der Waals surface area (Å²) in [5, 5.41) is 5.61. The van der Waals surface area contributed by atoms with Crippen molar-refractivity contribution in [2.24, 2.45) is 17.1 Å². The quantitative estimate of drug-likeness (QED) is 0.641. The molecule has 0 spiro atoms.